The zero-order valence-electron chi connectivity index (χ0n) is 8.61. The molecule has 0 N–H and O–H groups in total. The van der Waals surface area contributed by atoms with E-state index < -0.39 is 0 Å². The van der Waals surface area contributed by atoms with E-state index in [0.717, 1.165) is 5.82 Å². The van der Waals surface area contributed by atoms with Gasteiger partial charge in [0.2, 0.25) is 0 Å². The Morgan fingerprint density at radius 3 is 2.38 bits per heavy atom. The maximum Gasteiger partial charge on any atom is 0.152 e. The largest absolute Gasteiger partial charge is 0.275 e. The van der Waals surface area contributed by atoms with Crippen LogP contribution in [0.25, 0.3) is 0 Å². The molecule has 13 heavy (non-hydrogen) atoms. The predicted molar refractivity (Wildman–Crippen MR) is 53.5 cm³/mol. The van der Waals surface area contributed by atoms with Gasteiger partial charge in [-0.15, -0.1) is 0 Å². The van der Waals surface area contributed by atoms with Gasteiger partial charge in [-0.1, -0.05) is 6.07 Å². The van der Waals surface area contributed by atoms with Crippen molar-refractivity contribution in [3.63, 3.8) is 0 Å². The molecular formula is C10H16N2O. The minimum absolute atomic E-state index is 0.0803. The Bertz CT molecular complexity index is 253. The van der Waals surface area contributed by atoms with Crippen LogP contribution in [0.2, 0.25) is 0 Å². The number of hydrogen-bond donors (Lipinski definition) is 0. The third kappa shape index (κ3) is 2.42. The summed E-state index contributed by atoms with van der Waals surface area (Å²) in [5.41, 5.74) is -0.0803. The fourth-order valence-electron chi connectivity index (χ4n) is 1.18. The van der Waals surface area contributed by atoms with Crippen LogP contribution in [0.3, 0.4) is 0 Å². The normalized spacial score (nSPS) is 11.4. The zero-order chi connectivity index (χ0) is 9.90. The van der Waals surface area contributed by atoms with Crippen LogP contribution in [0, 0.1) is 0 Å². The average Bonchev–Trinajstić information content (AvgIpc) is 2.05. The van der Waals surface area contributed by atoms with Gasteiger partial charge in [0, 0.05) is 6.20 Å². The van der Waals surface area contributed by atoms with Gasteiger partial charge < -0.3 is 0 Å². The van der Waals surface area contributed by atoms with E-state index in [1.807, 2.05) is 18.2 Å². The number of hydroxylamine groups is 1. The SMILES string of the molecule is CON(c1ccccn1)C(C)(C)C. The molecule has 0 bridgehead atoms. The van der Waals surface area contributed by atoms with E-state index in [0.29, 0.717) is 0 Å². The molecule has 3 nitrogen and oxygen atoms in total. The van der Waals surface area contributed by atoms with Gasteiger partial charge in [-0.2, -0.15) is 0 Å². The predicted octanol–water partition coefficient (Wildman–Crippen LogP) is 2.25. The molecule has 3 heteroatoms. The lowest BCUT2D eigenvalue weighted by molar-refractivity contribution is 0.112. The second-order valence-corrected chi connectivity index (χ2v) is 3.84. The first kappa shape index (κ1) is 9.99. The van der Waals surface area contributed by atoms with Gasteiger partial charge in [-0.25, -0.2) is 10.0 Å². The smallest absolute Gasteiger partial charge is 0.152 e. The highest BCUT2D eigenvalue weighted by molar-refractivity contribution is 5.36. The lowest BCUT2D eigenvalue weighted by Gasteiger charge is -2.33. The maximum atomic E-state index is 5.27. The lowest BCUT2D eigenvalue weighted by atomic mass is 10.1. The van der Waals surface area contributed by atoms with Crippen LogP contribution in [0.5, 0.6) is 0 Å². The molecule has 0 saturated carbocycles. The monoisotopic (exact) mass is 180 g/mol. The van der Waals surface area contributed by atoms with Crippen molar-refractivity contribution in [2.75, 3.05) is 12.2 Å². The molecule has 1 aromatic rings. The van der Waals surface area contributed by atoms with Crippen LogP contribution in [0.1, 0.15) is 20.8 Å². The molecule has 0 amide bonds. The van der Waals surface area contributed by atoms with Gasteiger partial charge in [0.05, 0.1) is 12.6 Å². The lowest BCUT2D eigenvalue weighted by Crippen LogP contribution is -2.41. The number of pyridine rings is 1. The van der Waals surface area contributed by atoms with E-state index in [2.05, 4.69) is 25.8 Å². The second kappa shape index (κ2) is 3.75. The van der Waals surface area contributed by atoms with E-state index in [1.165, 1.54) is 0 Å². The molecule has 1 heterocycles. The molecule has 72 valence electrons. The molecule has 0 fully saturated rings. The summed E-state index contributed by atoms with van der Waals surface area (Å²) in [5, 5.41) is 1.78. The number of rotatable bonds is 2. The number of anilines is 1. The van der Waals surface area contributed by atoms with Gasteiger partial charge in [0.1, 0.15) is 0 Å². The molecule has 0 saturated heterocycles. The Morgan fingerprint density at radius 2 is 2.00 bits per heavy atom. The molecule has 0 unspecified atom stereocenters. The van der Waals surface area contributed by atoms with E-state index in [-0.39, 0.29) is 5.54 Å². The first-order valence-corrected chi connectivity index (χ1v) is 4.31. The van der Waals surface area contributed by atoms with Gasteiger partial charge >= 0.3 is 0 Å². The second-order valence-electron chi connectivity index (χ2n) is 3.84. The first-order valence-electron chi connectivity index (χ1n) is 4.31. The highest BCUT2D eigenvalue weighted by atomic mass is 16.7. The van der Waals surface area contributed by atoms with Crippen molar-refractivity contribution in [1.82, 2.24) is 4.98 Å². The average molecular weight is 180 g/mol. The van der Waals surface area contributed by atoms with Gasteiger partial charge in [-0.3, -0.25) is 4.84 Å². The number of aromatic nitrogens is 1. The highest BCUT2D eigenvalue weighted by Crippen LogP contribution is 2.20. The number of hydrogen-bond acceptors (Lipinski definition) is 3. The molecule has 0 radical (unpaired) electrons. The quantitative estimate of drug-likeness (QED) is 0.653. The molecule has 1 rings (SSSR count). The van der Waals surface area contributed by atoms with Crippen LogP contribution in [0.4, 0.5) is 5.82 Å². The third-order valence-corrected chi connectivity index (χ3v) is 1.65. The minimum Gasteiger partial charge on any atom is -0.275 e. The van der Waals surface area contributed by atoms with Crippen molar-refractivity contribution < 1.29 is 4.84 Å². The molecule has 0 aliphatic heterocycles. The third-order valence-electron chi connectivity index (χ3n) is 1.65. The van der Waals surface area contributed by atoms with E-state index in [4.69, 9.17) is 4.84 Å². The van der Waals surface area contributed by atoms with Crippen molar-refractivity contribution in [2.24, 2.45) is 0 Å². The summed E-state index contributed by atoms with van der Waals surface area (Å²) in [6, 6.07) is 5.76. The summed E-state index contributed by atoms with van der Waals surface area (Å²) in [4.78, 5) is 9.49. The van der Waals surface area contributed by atoms with Crippen molar-refractivity contribution in [3.8, 4) is 0 Å². The van der Waals surface area contributed by atoms with Crippen molar-refractivity contribution in [1.29, 1.82) is 0 Å². The minimum atomic E-state index is -0.0803. The van der Waals surface area contributed by atoms with Crippen LogP contribution >= 0.6 is 0 Å². The topological polar surface area (TPSA) is 25.4 Å². The van der Waals surface area contributed by atoms with E-state index >= 15 is 0 Å². The molecule has 0 aromatic carbocycles. The summed E-state index contributed by atoms with van der Waals surface area (Å²) in [6.45, 7) is 6.22. The van der Waals surface area contributed by atoms with Crippen LogP contribution in [-0.2, 0) is 4.84 Å². The molecule has 0 atom stereocenters. The van der Waals surface area contributed by atoms with Gasteiger partial charge in [0.15, 0.2) is 5.82 Å². The van der Waals surface area contributed by atoms with Gasteiger partial charge in [0.25, 0.3) is 0 Å². The van der Waals surface area contributed by atoms with E-state index in [1.54, 1.807) is 18.4 Å². The van der Waals surface area contributed by atoms with Crippen molar-refractivity contribution in [3.05, 3.63) is 24.4 Å². The van der Waals surface area contributed by atoms with Crippen molar-refractivity contribution in [2.45, 2.75) is 26.3 Å². The molecule has 1 aromatic heterocycles. The highest BCUT2D eigenvalue weighted by Gasteiger charge is 2.22. The van der Waals surface area contributed by atoms with E-state index in [9.17, 15) is 0 Å². The Balaban J connectivity index is 2.92. The molecule has 0 spiro atoms. The summed E-state index contributed by atoms with van der Waals surface area (Å²) >= 11 is 0. The first-order chi connectivity index (χ1) is 6.05. The summed E-state index contributed by atoms with van der Waals surface area (Å²) < 4.78 is 0. The summed E-state index contributed by atoms with van der Waals surface area (Å²) in [6.07, 6.45) is 1.76. The molecule has 0 aliphatic rings. The van der Waals surface area contributed by atoms with Gasteiger partial charge in [-0.05, 0) is 32.9 Å². The summed E-state index contributed by atoms with van der Waals surface area (Å²) in [7, 11) is 1.65. The fraction of sp³-hybridized carbons (Fsp3) is 0.500. The maximum absolute atomic E-state index is 5.27. The van der Waals surface area contributed by atoms with Crippen molar-refractivity contribution >= 4 is 5.82 Å². The fourth-order valence-corrected chi connectivity index (χ4v) is 1.18. The Hall–Kier alpha value is -1.09. The van der Waals surface area contributed by atoms with Crippen LogP contribution in [-0.4, -0.2) is 17.6 Å². The molecular weight excluding hydrogens is 164 g/mol. The molecule has 0 aliphatic carbocycles. The Labute approximate surface area is 79.3 Å². The Kier molecular flexibility index (Phi) is 2.88. The van der Waals surface area contributed by atoms with Crippen LogP contribution in [0.15, 0.2) is 24.4 Å². The zero-order valence-corrected chi connectivity index (χ0v) is 8.61. The summed E-state index contributed by atoms with van der Waals surface area (Å²) in [5.74, 6) is 0.831. The van der Waals surface area contributed by atoms with Crippen LogP contribution < -0.4 is 5.06 Å². The standard InChI is InChI=1S/C10H16N2O/c1-10(2,3)12(13-4)9-7-5-6-8-11-9/h5-8H,1-4H3. The number of nitrogens with zero attached hydrogens (tertiary/aromatic N) is 2. The Morgan fingerprint density at radius 1 is 1.31 bits per heavy atom.